The zero-order chi connectivity index (χ0) is 5.11. The Balaban J connectivity index is 0.000000490. The molecule has 0 bridgehead atoms. The number of benzene rings is 1. The fraction of sp³-hybridized carbons (Fsp3) is 0. The molecule has 0 aliphatic heterocycles. The van der Waals surface area contributed by atoms with E-state index in [2.05, 4.69) is 9.24 Å². The molecule has 0 heterocycles. The second-order valence-corrected chi connectivity index (χ2v) is 2.08. The molecular formula is C6H8NaP. The van der Waals surface area contributed by atoms with E-state index >= 15 is 0 Å². The summed E-state index contributed by atoms with van der Waals surface area (Å²) in [5.41, 5.74) is 0. The first-order chi connectivity index (χ1) is 3.39. The third-order valence-corrected chi connectivity index (χ3v) is 1.18. The Morgan fingerprint density at radius 1 is 1.00 bits per heavy atom. The Hall–Kier alpha value is 0.650. The molecule has 0 saturated heterocycles. The van der Waals surface area contributed by atoms with E-state index in [1.807, 2.05) is 30.3 Å². The Bertz CT molecular complexity index is 138. The van der Waals surface area contributed by atoms with Crippen molar-refractivity contribution >= 4 is 44.1 Å². The van der Waals surface area contributed by atoms with Crippen molar-refractivity contribution < 1.29 is 0 Å². The molecule has 2 heteroatoms. The van der Waals surface area contributed by atoms with Crippen molar-refractivity contribution in [3.05, 3.63) is 30.3 Å². The van der Waals surface area contributed by atoms with Crippen LogP contribution in [0.2, 0.25) is 0 Å². The van der Waals surface area contributed by atoms with Crippen LogP contribution in [0.3, 0.4) is 0 Å². The van der Waals surface area contributed by atoms with Crippen molar-refractivity contribution in [1.82, 2.24) is 0 Å². The molecule has 1 aromatic carbocycles. The van der Waals surface area contributed by atoms with Crippen LogP contribution in [-0.2, 0) is 0 Å². The van der Waals surface area contributed by atoms with Gasteiger partial charge in [-0.05, 0) is 5.30 Å². The van der Waals surface area contributed by atoms with Crippen molar-refractivity contribution in [1.29, 1.82) is 0 Å². The molecular weight excluding hydrogens is 126 g/mol. The van der Waals surface area contributed by atoms with E-state index in [1.54, 1.807) is 0 Å². The third kappa shape index (κ3) is 2.84. The first-order valence-corrected chi connectivity index (χ1v) is 2.78. The van der Waals surface area contributed by atoms with Crippen LogP contribution < -0.4 is 5.30 Å². The van der Waals surface area contributed by atoms with E-state index in [0.29, 0.717) is 0 Å². The molecule has 0 saturated carbocycles. The molecule has 0 fully saturated rings. The van der Waals surface area contributed by atoms with Gasteiger partial charge >= 0.3 is 29.6 Å². The SMILES string of the molecule is Pc1ccccc1.[NaH]. The van der Waals surface area contributed by atoms with Crippen LogP contribution in [0.5, 0.6) is 0 Å². The molecule has 0 radical (unpaired) electrons. The van der Waals surface area contributed by atoms with E-state index in [9.17, 15) is 0 Å². The van der Waals surface area contributed by atoms with E-state index in [-0.39, 0.29) is 29.6 Å². The van der Waals surface area contributed by atoms with Gasteiger partial charge in [0.15, 0.2) is 0 Å². The monoisotopic (exact) mass is 134 g/mol. The predicted octanol–water partition coefficient (Wildman–Crippen LogP) is 0.538. The van der Waals surface area contributed by atoms with Gasteiger partial charge in [0.1, 0.15) is 0 Å². The molecule has 38 valence electrons. The van der Waals surface area contributed by atoms with Crippen LogP contribution in [0.25, 0.3) is 0 Å². The molecule has 1 unspecified atom stereocenters. The van der Waals surface area contributed by atoms with Crippen molar-refractivity contribution in [3.63, 3.8) is 0 Å². The molecule has 1 rings (SSSR count). The summed E-state index contributed by atoms with van der Waals surface area (Å²) in [6.45, 7) is 0. The average molecular weight is 134 g/mol. The number of hydrogen-bond acceptors (Lipinski definition) is 0. The number of hydrogen-bond donors (Lipinski definition) is 0. The molecule has 0 amide bonds. The normalized spacial score (nSPS) is 7.62. The Kier molecular flexibility index (Phi) is 4.89. The molecule has 0 aliphatic rings. The summed E-state index contributed by atoms with van der Waals surface area (Å²) in [4.78, 5) is 0. The standard InChI is InChI=1S/C6H7P.Na.H/c7-6-4-2-1-3-5-6;;/h1-5H,7H2;;. The summed E-state index contributed by atoms with van der Waals surface area (Å²) in [6, 6.07) is 10.1. The first-order valence-electron chi connectivity index (χ1n) is 2.20. The minimum atomic E-state index is 0. The second kappa shape index (κ2) is 4.52. The van der Waals surface area contributed by atoms with E-state index < -0.39 is 0 Å². The molecule has 0 spiro atoms. The quantitative estimate of drug-likeness (QED) is 0.359. The predicted molar refractivity (Wildman–Crippen MR) is 42.9 cm³/mol. The van der Waals surface area contributed by atoms with E-state index in [4.69, 9.17) is 0 Å². The summed E-state index contributed by atoms with van der Waals surface area (Å²) < 4.78 is 0. The maximum absolute atomic E-state index is 2.63. The van der Waals surface area contributed by atoms with E-state index in [0.717, 1.165) is 0 Å². The fourth-order valence-electron chi connectivity index (χ4n) is 0.453. The number of rotatable bonds is 0. The van der Waals surface area contributed by atoms with Crippen molar-refractivity contribution in [2.24, 2.45) is 0 Å². The zero-order valence-electron chi connectivity index (χ0n) is 3.96. The molecule has 0 aromatic heterocycles. The van der Waals surface area contributed by atoms with Gasteiger partial charge in [-0.15, -0.1) is 9.24 Å². The average Bonchev–Trinajstić information content (AvgIpc) is 1.69. The van der Waals surface area contributed by atoms with Crippen molar-refractivity contribution in [2.75, 3.05) is 0 Å². The van der Waals surface area contributed by atoms with Crippen LogP contribution in [0.4, 0.5) is 0 Å². The molecule has 0 aliphatic carbocycles. The summed E-state index contributed by atoms with van der Waals surface area (Å²) in [5, 5.41) is 1.24. The molecule has 0 nitrogen and oxygen atoms in total. The van der Waals surface area contributed by atoms with Crippen molar-refractivity contribution in [2.45, 2.75) is 0 Å². The second-order valence-electron chi connectivity index (χ2n) is 1.41. The summed E-state index contributed by atoms with van der Waals surface area (Å²) >= 11 is 0. The molecule has 8 heavy (non-hydrogen) atoms. The van der Waals surface area contributed by atoms with Crippen LogP contribution in [-0.4, -0.2) is 29.6 Å². The van der Waals surface area contributed by atoms with Gasteiger partial charge < -0.3 is 0 Å². The van der Waals surface area contributed by atoms with Gasteiger partial charge in [-0.3, -0.25) is 0 Å². The first kappa shape index (κ1) is 8.65. The van der Waals surface area contributed by atoms with Gasteiger partial charge in [-0.25, -0.2) is 0 Å². The van der Waals surface area contributed by atoms with Crippen LogP contribution in [0.1, 0.15) is 0 Å². The van der Waals surface area contributed by atoms with Gasteiger partial charge in [0.05, 0.1) is 0 Å². The van der Waals surface area contributed by atoms with Gasteiger partial charge in [0.2, 0.25) is 0 Å². The minimum absolute atomic E-state index is 0. The summed E-state index contributed by atoms with van der Waals surface area (Å²) in [6.07, 6.45) is 0. The third-order valence-electron chi connectivity index (χ3n) is 0.800. The maximum atomic E-state index is 2.63. The summed E-state index contributed by atoms with van der Waals surface area (Å²) in [7, 11) is 2.63. The van der Waals surface area contributed by atoms with E-state index in [1.165, 1.54) is 5.30 Å². The van der Waals surface area contributed by atoms with Crippen molar-refractivity contribution in [3.8, 4) is 0 Å². The fourth-order valence-corrected chi connectivity index (χ4v) is 0.675. The Labute approximate surface area is 74.2 Å². The van der Waals surface area contributed by atoms with Crippen LogP contribution >= 0.6 is 9.24 Å². The topological polar surface area (TPSA) is 0 Å². The molecule has 1 aromatic rings. The van der Waals surface area contributed by atoms with Crippen LogP contribution in [0.15, 0.2) is 30.3 Å². The van der Waals surface area contributed by atoms with Gasteiger partial charge in [-0.1, -0.05) is 30.3 Å². The Morgan fingerprint density at radius 2 is 1.50 bits per heavy atom. The Morgan fingerprint density at radius 3 is 1.75 bits per heavy atom. The molecule has 0 N–H and O–H groups in total. The van der Waals surface area contributed by atoms with Gasteiger partial charge in [0, 0.05) is 0 Å². The zero-order valence-corrected chi connectivity index (χ0v) is 5.12. The van der Waals surface area contributed by atoms with Gasteiger partial charge in [-0.2, -0.15) is 0 Å². The molecule has 1 atom stereocenters. The van der Waals surface area contributed by atoms with Crippen LogP contribution in [0, 0.1) is 0 Å². The summed E-state index contributed by atoms with van der Waals surface area (Å²) in [5.74, 6) is 0. The van der Waals surface area contributed by atoms with Gasteiger partial charge in [0.25, 0.3) is 0 Å².